The standard InChI is InChI=1S/C27H35ClN4O3/c1-5-18(3)24(30-25(33)21-12-10-20(6-2)11-13-21)26(34)31-14-15-32(19(4)17-31)27(35)29-23-9-7-8-22(28)16-23/h7-13,16,18-19,24H,5-6,14-15,17H2,1-4H3,(H,29,35)(H,30,33). The maximum absolute atomic E-state index is 13.5. The number of hydrogen-bond donors (Lipinski definition) is 2. The van der Waals surface area contributed by atoms with Crippen molar-refractivity contribution in [1.82, 2.24) is 15.1 Å². The van der Waals surface area contributed by atoms with Crippen molar-refractivity contribution < 1.29 is 14.4 Å². The second kappa shape index (κ2) is 12.1. The number of carbonyl (C=O) groups is 3. The Hall–Kier alpha value is -3.06. The Morgan fingerprint density at radius 1 is 1.09 bits per heavy atom. The van der Waals surface area contributed by atoms with Crippen LogP contribution < -0.4 is 10.6 Å². The Balaban J connectivity index is 1.64. The van der Waals surface area contributed by atoms with Crippen molar-refractivity contribution >= 4 is 35.1 Å². The lowest BCUT2D eigenvalue weighted by Crippen LogP contribution is -2.60. The Morgan fingerprint density at radius 2 is 1.80 bits per heavy atom. The van der Waals surface area contributed by atoms with E-state index in [2.05, 4.69) is 17.6 Å². The van der Waals surface area contributed by atoms with Crippen molar-refractivity contribution in [3.8, 4) is 0 Å². The third-order valence-electron chi connectivity index (χ3n) is 6.67. The van der Waals surface area contributed by atoms with Gasteiger partial charge in [0.1, 0.15) is 6.04 Å². The predicted molar refractivity (Wildman–Crippen MR) is 140 cm³/mol. The van der Waals surface area contributed by atoms with Crippen molar-refractivity contribution in [3.63, 3.8) is 0 Å². The Labute approximate surface area is 212 Å². The maximum Gasteiger partial charge on any atom is 0.322 e. The summed E-state index contributed by atoms with van der Waals surface area (Å²) < 4.78 is 0. The summed E-state index contributed by atoms with van der Waals surface area (Å²) in [7, 11) is 0. The molecular weight excluding hydrogens is 464 g/mol. The molecule has 2 aromatic rings. The van der Waals surface area contributed by atoms with E-state index < -0.39 is 6.04 Å². The van der Waals surface area contributed by atoms with Crippen molar-refractivity contribution in [2.24, 2.45) is 5.92 Å². The van der Waals surface area contributed by atoms with Crippen LogP contribution in [0, 0.1) is 5.92 Å². The highest BCUT2D eigenvalue weighted by atomic mass is 35.5. The summed E-state index contributed by atoms with van der Waals surface area (Å²) in [4.78, 5) is 42.7. The topological polar surface area (TPSA) is 81.8 Å². The highest BCUT2D eigenvalue weighted by molar-refractivity contribution is 6.30. The first-order valence-electron chi connectivity index (χ1n) is 12.2. The Bertz CT molecular complexity index is 1040. The molecule has 3 rings (SSSR count). The zero-order valence-corrected chi connectivity index (χ0v) is 21.6. The van der Waals surface area contributed by atoms with Gasteiger partial charge < -0.3 is 20.4 Å². The zero-order valence-electron chi connectivity index (χ0n) is 20.9. The average Bonchev–Trinajstić information content (AvgIpc) is 2.86. The number of piperazine rings is 1. The van der Waals surface area contributed by atoms with Crippen LogP contribution in [-0.2, 0) is 11.2 Å². The molecule has 35 heavy (non-hydrogen) atoms. The first kappa shape index (κ1) is 26.5. The molecule has 1 aliphatic rings. The van der Waals surface area contributed by atoms with Gasteiger partial charge in [0.05, 0.1) is 0 Å². The molecule has 0 aliphatic carbocycles. The Morgan fingerprint density at radius 3 is 2.40 bits per heavy atom. The van der Waals surface area contributed by atoms with Gasteiger partial charge in [0.25, 0.3) is 5.91 Å². The van der Waals surface area contributed by atoms with Gasteiger partial charge >= 0.3 is 6.03 Å². The van der Waals surface area contributed by atoms with E-state index in [1.165, 1.54) is 0 Å². The van der Waals surface area contributed by atoms with Gasteiger partial charge in [0.15, 0.2) is 0 Å². The summed E-state index contributed by atoms with van der Waals surface area (Å²) in [6, 6.07) is 13.4. The van der Waals surface area contributed by atoms with Crippen LogP contribution in [-0.4, -0.2) is 59.4 Å². The van der Waals surface area contributed by atoms with Crippen LogP contribution in [0.3, 0.4) is 0 Å². The smallest absolute Gasteiger partial charge is 0.322 e. The summed E-state index contributed by atoms with van der Waals surface area (Å²) in [6.45, 7) is 9.17. The summed E-state index contributed by atoms with van der Waals surface area (Å²) in [5.74, 6) is -0.389. The van der Waals surface area contributed by atoms with Crippen LogP contribution in [0.15, 0.2) is 48.5 Å². The van der Waals surface area contributed by atoms with Crippen LogP contribution in [0.1, 0.15) is 50.0 Å². The minimum atomic E-state index is -0.627. The third kappa shape index (κ3) is 6.75. The SMILES string of the molecule is CCc1ccc(C(=O)NC(C(=O)N2CCN(C(=O)Nc3cccc(Cl)c3)C(C)C2)C(C)CC)cc1. The fourth-order valence-electron chi connectivity index (χ4n) is 4.22. The van der Waals surface area contributed by atoms with E-state index in [1.807, 2.05) is 32.9 Å². The molecular formula is C27H35ClN4O3. The number of rotatable bonds is 7. The lowest BCUT2D eigenvalue weighted by Gasteiger charge is -2.41. The van der Waals surface area contributed by atoms with Crippen molar-refractivity contribution in [2.75, 3.05) is 25.0 Å². The zero-order chi connectivity index (χ0) is 25.5. The van der Waals surface area contributed by atoms with Crippen LogP contribution in [0.4, 0.5) is 10.5 Å². The highest BCUT2D eigenvalue weighted by Crippen LogP contribution is 2.19. The first-order chi connectivity index (χ1) is 16.7. The molecule has 1 aliphatic heterocycles. The number of amides is 4. The molecule has 1 heterocycles. The summed E-state index contributed by atoms with van der Waals surface area (Å²) in [6.07, 6.45) is 1.65. The van der Waals surface area contributed by atoms with Gasteiger partial charge in [-0.15, -0.1) is 0 Å². The molecule has 3 unspecified atom stereocenters. The molecule has 0 radical (unpaired) electrons. The summed E-state index contributed by atoms with van der Waals surface area (Å²) in [5.41, 5.74) is 2.32. The number of aryl methyl sites for hydroxylation is 1. The number of benzene rings is 2. The summed E-state index contributed by atoms with van der Waals surface area (Å²) >= 11 is 6.01. The van der Waals surface area contributed by atoms with Crippen molar-refractivity contribution in [2.45, 2.75) is 52.6 Å². The monoisotopic (exact) mass is 498 g/mol. The van der Waals surface area contributed by atoms with Gasteiger partial charge in [-0.05, 0) is 55.2 Å². The first-order valence-corrected chi connectivity index (χ1v) is 12.6. The molecule has 0 spiro atoms. The van der Waals surface area contributed by atoms with Crippen LogP contribution in [0.2, 0.25) is 5.02 Å². The van der Waals surface area contributed by atoms with E-state index in [-0.39, 0.29) is 29.8 Å². The highest BCUT2D eigenvalue weighted by Gasteiger charge is 2.35. The van der Waals surface area contributed by atoms with Gasteiger partial charge in [-0.1, -0.05) is 57.0 Å². The van der Waals surface area contributed by atoms with Gasteiger partial charge in [-0.25, -0.2) is 4.79 Å². The maximum atomic E-state index is 13.5. The van der Waals surface area contributed by atoms with Gasteiger partial charge in [-0.2, -0.15) is 0 Å². The van der Waals surface area contributed by atoms with E-state index in [9.17, 15) is 14.4 Å². The predicted octanol–water partition coefficient (Wildman–Crippen LogP) is 4.81. The fraction of sp³-hybridized carbons (Fsp3) is 0.444. The van der Waals surface area contributed by atoms with Crippen LogP contribution in [0.25, 0.3) is 0 Å². The number of urea groups is 1. The number of hydrogen-bond acceptors (Lipinski definition) is 3. The molecule has 0 aromatic heterocycles. The Kier molecular flexibility index (Phi) is 9.15. The van der Waals surface area contributed by atoms with Crippen molar-refractivity contribution in [3.05, 3.63) is 64.7 Å². The normalized spacial score (nSPS) is 17.5. The largest absolute Gasteiger partial charge is 0.340 e. The van der Waals surface area contributed by atoms with E-state index in [0.717, 1.165) is 18.4 Å². The quantitative estimate of drug-likeness (QED) is 0.574. The second-order valence-corrected chi connectivity index (χ2v) is 9.59. The molecule has 1 saturated heterocycles. The van der Waals surface area contributed by atoms with E-state index in [0.29, 0.717) is 35.9 Å². The van der Waals surface area contributed by atoms with Gasteiger partial charge in [-0.3, -0.25) is 9.59 Å². The van der Waals surface area contributed by atoms with Gasteiger partial charge in [0, 0.05) is 41.9 Å². The molecule has 188 valence electrons. The average molecular weight is 499 g/mol. The molecule has 8 heteroatoms. The number of halogens is 1. The molecule has 4 amide bonds. The molecule has 1 fully saturated rings. The number of carbonyl (C=O) groups excluding carboxylic acids is 3. The molecule has 0 saturated carbocycles. The minimum absolute atomic E-state index is 0.0270. The fourth-order valence-corrected chi connectivity index (χ4v) is 4.41. The van der Waals surface area contributed by atoms with E-state index >= 15 is 0 Å². The van der Waals surface area contributed by atoms with Gasteiger partial charge in [0.2, 0.25) is 5.91 Å². The number of nitrogens with one attached hydrogen (secondary N) is 2. The van der Waals surface area contributed by atoms with Crippen LogP contribution >= 0.6 is 11.6 Å². The molecule has 3 atom stereocenters. The molecule has 0 bridgehead atoms. The number of anilines is 1. The third-order valence-corrected chi connectivity index (χ3v) is 6.90. The minimum Gasteiger partial charge on any atom is -0.340 e. The summed E-state index contributed by atoms with van der Waals surface area (Å²) in [5, 5.41) is 6.39. The molecule has 2 N–H and O–H groups in total. The second-order valence-electron chi connectivity index (χ2n) is 9.15. The lowest BCUT2D eigenvalue weighted by molar-refractivity contribution is -0.136. The van der Waals surface area contributed by atoms with Crippen molar-refractivity contribution in [1.29, 1.82) is 0 Å². The van der Waals surface area contributed by atoms with E-state index in [1.54, 1.807) is 46.2 Å². The number of nitrogens with zero attached hydrogens (tertiary/aromatic N) is 2. The van der Waals surface area contributed by atoms with E-state index in [4.69, 9.17) is 11.6 Å². The lowest BCUT2D eigenvalue weighted by atomic mass is 9.96. The van der Waals surface area contributed by atoms with Crippen LogP contribution in [0.5, 0.6) is 0 Å². The molecule has 2 aromatic carbocycles. The molecule has 7 nitrogen and oxygen atoms in total.